The van der Waals surface area contributed by atoms with Crippen LogP contribution in [0.4, 0.5) is 0 Å². The zero-order valence-electron chi connectivity index (χ0n) is 10.6. The Morgan fingerprint density at radius 3 is 2.78 bits per heavy atom. The average Bonchev–Trinajstić information content (AvgIpc) is 2.84. The Kier molecular flexibility index (Phi) is 2.29. The summed E-state index contributed by atoms with van der Waals surface area (Å²) in [6.45, 7) is 5.97. The van der Waals surface area contributed by atoms with Gasteiger partial charge in [-0.15, -0.1) is 0 Å². The molecular weight excluding hydrogens is 250 g/mol. The van der Waals surface area contributed by atoms with Crippen molar-refractivity contribution < 1.29 is 4.79 Å². The van der Waals surface area contributed by atoms with Gasteiger partial charge in [-0.3, -0.25) is 0 Å². The summed E-state index contributed by atoms with van der Waals surface area (Å²) >= 11 is 6.01. The zero-order chi connectivity index (χ0) is 13.1. The lowest BCUT2D eigenvalue weighted by Crippen LogP contribution is -2.22. The number of hydrogen-bond donors (Lipinski definition) is 0. The van der Waals surface area contributed by atoms with Gasteiger partial charge in [0.05, 0.1) is 5.69 Å². The van der Waals surface area contributed by atoms with Crippen LogP contribution in [0.5, 0.6) is 0 Å². The van der Waals surface area contributed by atoms with Crippen molar-refractivity contribution in [1.82, 2.24) is 14.8 Å². The van der Waals surface area contributed by atoms with Gasteiger partial charge in [-0.1, -0.05) is 18.5 Å². The van der Waals surface area contributed by atoms with E-state index < -0.39 is 5.54 Å². The number of fused-ring (bicyclic) bond motifs is 1. The third-order valence-corrected chi connectivity index (χ3v) is 4.10. The van der Waals surface area contributed by atoms with E-state index in [1.165, 1.54) is 0 Å². The molecule has 2 unspecified atom stereocenters. The van der Waals surface area contributed by atoms with Crippen LogP contribution in [0.1, 0.15) is 24.6 Å². The molecule has 2 heterocycles. The third kappa shape index (κ3) is 1.35. The summed E-state index contributed by atoms with van der Waals surface area (Å²) in [4.78, 5) is 15.8. The molecule has 0 N–H and O–H groups in total. The first-order valence-electron chi connectivity index (χ1n) is 5.99. The van der Waals surface area contributed by atoms with Gasteiger partial charge in [0.15, 0.2) is 5.65 Å². The number of rotatable bonds is 2. The highest BCUT2D eigenvalue weighted by Crippen LogP contribution is 2.49. The Bertz CT molecular complexity index is 664. The molecular formula is C13H14ClN3O. The van der Waals surface area contributed by atoms with Gasteiger partial charge >= 0.3 is 0 Å². The summed E-state index contributed by atoms with van der Waals surface area (Å²) < 4.78 is 1.76. The lowest BCUT2D eigenvalue weighted by molar-refractivity contribution is -0.112. The van der Waals surface area contributed by atoms with Crippen LogP contribution in [0, 0.1) is 19.8 Å². The van der Waals surface area contributed by atoms with Crippen molar-refractivity contribution in [3.05, 3.63) is 22.5 Å². The molecule has 1 fully saturated rings. The fourth-order valence-electron chi connectivity index (χ4n) is 2.70. The Balaban J connectivity index is 2.35. The fourth-order valence-corrected chi connectivity index (χ4v) is 2.94. The number of aldehydes is 1. The van der Waals surface area contributed by atoms with Gasteiger partial charge in [0.25, 0.3) is 0 Å². The number of aromatic nitrogens is 3. The Morgan fingerprint density at radius 2 is 2.22 bits per heavy atom. The number of pyridine rings is 1. The molecule has 4 nitrogen and oxygen atoms in total. The highest BCUT2D eigenvalue weighted by molar-refractivity contribution is 6.29. The normalized spacial score (nSPS) is 26.6. The standard InChI is InChI=1S/C13H14ClN3O/c1-7-4-10(14)15-12-11(7)9(3)16-17(12)13(6-18)5-8(13)2/h4,6,8H,5H2,1-3H3. The molecule has 5 heteroatoms. The van der Waals surface area contributed by atoms with Crippen molar-refractivity contribution in [1.29, 1.82) is 0 Å². The summed E-state index contributed by atoms with van der Waals surface area (Å²) in [5.41, 5.74) is 2.14. The van der Waals surface area contributed by atoms with Crippen molar-refractivity contribution >= 4 is 28.9 Å². The molecule has 0 saturated heterocycles. The smallest absolute Gasteiger partial charge is 0.160 e. The molecule has 0 spiro atoms. The van der Waals surface area contributed by atoms with Gasteiger partial charge in [-0.25, -0.2) is 9.67 Å². The van der Waals surface area contributed by atoms with Crippen LogP contribution >= 0.6 is 11.6 Å². The molecule has 0 aromatic carbocycles. The number of carbonyl (C=O) groups is 1. The number of nitrogens with zero attached hydrogens (tertiary/aromatic N) is 3. The van der Waals surface area contributed by atoms with Gasteiger partial charge in [0, 0.05) is 5.39 Å². The van der Waals surface area contributed by atoms with Crippen LogP contribution in [0.15, 0.2) is 6.07 Å². The molecule has 0 aliphatic heterocycles. The lowest BCUT2D eigenvalue weighted by Gasteiger charge is -2.10. The van der Waals surface area contributed by atoms with E-state index in [0.717, 1.165) is 29.4 Å². The number of halogens is 1. The molecule has 2 atom stereocenters. The molecule has 0 radical (unpaired) electrons. The van der Waals surface area contributed by atoms with Gasteiger partial charge in [-0.05, 0) is 37.8 Å². The Labute approximate surface area is 110 Å². The van der Waals surface area contributed by atoms with E-state index in [2.05, 4.69) is 17.0 Å². The van der Waals surface area contributed by atoms with Crippen LogP contribution in [0.25, 0.3) is 11.0 Å². The summed E-state index contributed by atoms with van der Waals surface area (Å²) in [6.07, 6.45) is 1.81. The first-order chi connectivity index (χ1) is 8.49. The van der Waals surface area contributed by atoms with Gasteiger partial charge < -0.3 is 4.79 Å². The maximum atomic E-state index is 11.4. The van der Waals surface area contributed by atoms with E-state index in [0.29, 0.717) is 16.7 Å². The Morgan fingerprint density at radius 1 is 1.56 bits per heavy atom. The largest absolute Gasteiger partial charge is 0.301 e. The van der Waals surface area contributed by atoms with E-state index in [1.54, 1.807) is 4.68 Å². The Hall–Kier alpha value is -1.42. The highest BCUT2D eigenvalue weighted by atomic mass is 35.5. The second kappa shape index (κ2) is 3.54. The number of carbonyl (C=O) groups excluding carboxylic acids is 1. The summed E-state index contributed by atoms with van der Waals surface area (Å²) in [6, 6.07) is 1.83. The third-order valence-electron chi connectivity index (χ3n) is 3.90. The summed E-state index contributed by atoms with van der Waals surface area (Å²) in [5.74, 6) is 0.304. The molecule has 0 bridgehead atoms. The van der Waals surface area contributed by atoms with E-state index >= 15 is 0 Å². The lowest BCUT2D eigenvalue weighted by atomic mass is 10.1. The minimum atomic E-state index is -0.517. The van der Waals surface area contributed by atoms with E-state index in [1.807, 2.05) is 19.9 Å². The average molecular weight is 264 g/mol. The fraction of sp³-hybridized carbons (Fsp3) is 0.462. The van der Waals surface area contributed by atoms with Crippen LogP contribution in [-0.2, 0) is 10.3 Å². The molecule has 18 heavy (non-hydrogen) atoms. The minimum Gasteiger partial charge on any atom is -0.301 e. The van der Waals surface area contributed by atoms with Crippen molar-refractivity contribution in [2.75, 3.05) is 0 Å². The maximum Gasteiger partial charge on any atom is 0.160 e. The van der Waals surface area contributed by atoms with E-state index in [4.69, 9.17) is 11.6 Å². The molecule has 2 aromatic rings. The van der Waals surface area contributed by atoms with Crippen molar-refractivity contribution in [2.24, 2.45) is 5.92 Å². The van der Waals surface area contributed by atoms with Crippen molar-refractivity contribution in [3.8, 4) is 0 Å². The topological polar surface area (TPSA) is 47.8 Å². The molecule has 94 valence electrons. The maximum absolute atomic E-state index is 11.4. The predicted octanol–water partition coefficient (Wildman–Crippen LogP) is 2.64. The van der Waals surface area contributed by atoms with Crippen molar-refractivity contribution in [2.45, 2.75) is 32.7 Å². The molecule has 2 aromatic heterocycles. The zero-order valence-corrected chi connectivity index (χ0v) is 11.3. The number of hydrogen-bond acceptors (Lipinski definition) is 3. The van der Waals surface area contributed by atoms with Gasteiger partial charge in [0.2, 0.25) is 0 Å². The van der Waals surface area contributed by atoms with Crippen LogP contribution in [-0.4, -0.2) is 21.1 Å². The van der Waals surface area contributed by atoms with Crippen LogP contribution < -0.4 is 0 Å². The molecule has 3 rings (SSSR count). The van der Waals surface area contributed by atoms with E-state index in [-0.39, 0.29) is 0 Å². The molecule has 1 aliphatic rings. The van der Waals surface area contributed by atoms with Gasteiger partial charge in [-0.2, -0.15) is 5.10 Å². The monoisotopic (exact) mass is 263 g/mol. The second-order valence-electron chi connectivity index (χ2n) is 5.17. The first kappa shape index (κ1) is 11.7. The minimum absolute atomic E-state index is 0.304. The molecule has 1 aliphatic carbocycles. The van der Waals surface area contributed by atoms with Crippen molar-refractivity contribution in [3.63, 3.8) is 0 Å². The molecule has 1 saturated carbocycles. The molecule has 0 amide bonds. The van der Waals surface area contributed by atoms with E-state index in [9.17, 15) is 4.79 Å². The second-order valence-corrected chi connectivity index (χ2v) is 5.56. The van der Waals surface area contributed by atoms with Crippen LogP contribution in [0.2, 0.25) is 5.15 Å². The predicted molar refractivity (Wildman–Crippen MR) is 69.8 cm³/mol. The summed E-state index contributed by atoms with van der Waals surface area (Å²) in [7, 11) is 0. The SMILES string of the molecule is Cc1cc(Cl)nc2c1c(C)nn2C1(C=O)CC1C. The quantitative estimate of drug-likeness (QED) is 0.618. The highest BCUT2D eigenvalue weighted by Gasteiger charge is 2.55. The van der Waals surface area contributed by atoms with Gasteiger partial charge in [0.1, 0.15) is 17.0 Å². The summed E-state index contributed by atoms with van der Waals surface area (Å²) in [5, 5.41) is 5.95. The van der Waals surface area contributed by atoms with Crippen LogP contribution in [0.3, 0.4) is 0 Å². The number of aryl methyl sites for hydroxylation is 2. The first-order valence-corrected chi connectivity index (χ1v) is 6.36.